The van der Waals surface area contributed by atoms with E-state index in [0.29, 0.717) is 24.2 Å². The summed E-state index contributed by atoms with van der Waals surface area (Å²) in [4.78, 5) is 32.7. The zero-order chi connectivity index (χ0) is 17.4. The lowest BCUT2D eigenvalue weighted by atomic mass is 10.1. The summed E-state index contributed by atoms with van der Waals surface area (Å²) >= 11 is 0. The molecule has 0 spiro atoms. The van der Waals surface area contributed by atoms with Crippen LogP contribution >= 0.6 is 0 Å². The van der Waals surface area contributed by atoms with Crippen molar-refractivity contribution in [3.8, 4) is 0 Å². The Hall–Kier alpha value is -2.70. The Morgan fingerprint density at radius 2 is 1.92 bits per heavy atom. The molecule has 1 aliphatic heterocycles. The molecule has 4 rings (SSSR count). The molecule has 1 saturated heterocycles. The van der Waals surface area contributed by atoms with E-state index in [2.05, 4.69) is 10.1 Å². The lowest BCUT2D eigenvalue weighted by Crippen LogP contribution is -2.58. The quantitative estimate of drug-likeness (QED) is 0.828. The molecule has 7 nitrogen and oxygen atoms in total. The number of hydrogen-bond donors (Lipinski definition) is 0. The van der Waals surface area contributed by atoms with Crippen molar-refractivity contribution in [1.29, 1.82) is 0 Å². The van der Waals surface area contributed by atoms with Gasteiger partial charge in [0.2, 0.25) is 17.7 Å². The summed E-state index contributed by atoms with van der Waals surface area (Å²) in [6.07, 6.45) is 2.18. The van der Waals surface area contributed by atoms with Gasteiger partial charge >= 0.3 is 0 Å². The van der Waals surface area contributed by atoms with Gasteiger partial charge < -0.3 is 14.3 Å². The minimum Gasteiger partial charge on any atom is -0.337 e. The molecule has 1 aliphatic carbocycles. The average Bonchev–Trinajstić information content (AvgIpc) is 3.36. The maximum Gasteiger partial charge on any atom is 0.246 e. The van der Waals surface area contributed by atoms with E-state index in [0.717, 1.165) is 18.4 Å². The van der Waals surface area contributed by atoms with Crippen LogP contribution < -0.4 is 0 Å². The van der Waals surface area contributed by atoms with Gasteiger partial charge in [0, 0.05) is 12.5 Å². The van der Waals surface area contributed by atoms with Crippen molar-refractivity contribution in [2.45, 2.75) is 44.8 Å². The van der Waals surface area contributed by atoms with Crippen LogP contribution in [0.3, 0.4) is 0 Å². The van der Waals surface area contributed by atoms with Gasteiger partial charge in [-0.2, -0.15) is 4.98 Å². The van der Waals surface area contributed by atoms with Gasteiger partial charge in [-0.05, 0) is 25.3 Å². The molecule has 1 aromatic carbocycles. The van der Waals surface area contributed by atoms with E-state index in [9.17, 15) is 9.59 Å². The van der Waals surface area contributed by atoms with E-state index in [-0.39, 0.29) is 24.9 Å². The molecule has 2 amide bonds. The zero-order valence-electron chi connectivity index (χ0n) is 14.1. The van der Waals surface area contributed by atoms with Crippen molar-refractivity contribution in [2.24, 2.45) is 0 Å². The first-order valence-electron chi connectivity index (χ1n) is 8.56. The van der Waals surface area contributed by atoms with Crippen LogP contribution in [0.15, 0.2) is 34.9 Å². The largest absolute Gasteiger partial charge is 0.337 e. The molecule has 130 valence electrons. The van der Waals surface area contributed by atoms with Crippen LogP contribution in [-0.2, 0) is 22.7 Å². The summed E-state index contributed by atoms with van der Waals surface area (Å²) in [5.74, 6) is 1.34. The first-order chi connectivity index (χ1) is 12.1. The SMILES string of the molecule is C[C@H]1C(=O)N(Cc2ccccc2)CC(=O)N1Cc1nc(C2CC2)no1. The van der Waals surface area contributed by atoms with Crippen molar-refractivity contribution >= 4 is 11.8 Å². The van der Waals surface area contributed by atoms with E-state index >= 15 is 0 Å². The monoisotopic (exact) mass is 340 g/mol. The molecule has 0 bridgehead atoms. The van der Waals surface area contributed by atoms with Crippen LogP contribution in [0.25, 0.3) is 0 Å². The first-order valence-corrected chi connectivity index (χ1v) is 8.56. The third-order valence-corrected chi connectivity index (χ3v) is 4.73. The van der Waals surface area contributed by atoms with E-state index in [1.807, 2.05) is 30.3 Å². The van der Waals surface area contributed by atoms with Gasteiger partial charge in [0.15, 0.2) is 5.82 Å². The molecule has 7 heteroatoms. The second kappa shape index (κ2) is 6.31. The van der Waals surface area contributed by atoms with Crippen molar-refractivity contribution in [3.05, 3.63) is 47.6 Å². The van der Waals surface area contributed by atoms with Crippen LogP contribution in [-0.4, -0.2) is 44.3 Å². The van der Waals surface area contributed by atoms with E-state index in [4.69, 9.17) is 4.52 Å². The van der Waals surface area contributed by atoms with E-state index in [1.54, 1.807) is 11.8 Å². The lowest BCUT2D eigenvalue weighted by molar-refractivity contribution is -0.156. The third kappa shape index (κ3) is 3.26. The zero-order valence-corrected chi connectivity index (χ0v) is 14.1. The second-order valence-corrected chi connectivity index (χ2v) is 6.70. The third-order valence-electron chi connectivity index (χ3n) is 4.73. The van der Waals surface area contributed by atoms with Crippen LogP contribution in [0.1, 0.15) is 43.0 Å². The van der Waals surface area contributed by atoms with Crippen molar-refractivity contribution in [3.63, 3.8) is 0 Å². The summed E-state index contributed by atoms with van der Waals surface area (Å²) in [6, 6.07) is 9.14. The van der Waals surface area contributed by atoms with Gasteiger partial charge in [0.25, 0.3) is 0 Å². The highest BCUT2D eigenvalue weighted by molar-refractivity contribution is 5.94. The summed E-state index contributed by atoms with van der Waals surface area (Å²) in [6.45, 7) is 2.44. The van der Waals surface area contributed by atoms with E-state index in [1.165, 1.54) is 4.90 Å². The molecule has 2 fully saturated rings. The van der Waals surface area contributed by atoms with Crippen molar-refractivity contribution < 1.29 is 14.1 Å². The smallest absolute Gasteiger partial charge is 0.246 e. The minimum atomic E-state index is -0.541. The number of aromatic nitrogens is 2. The molecule has 2 aromatic rings. The normalized spacial score (nSPS) is 21.1. The number of piperazine rings is 1. The maximum absolute atomic E-state index is 12.7. The van der Waals surface area contributed by atoms with Gasteiger partial charge in [0.1, 0.15) is 19.1 Å². The fourth-order valence-electron chi connectivity index (χ4n) is 3.09. The lowest BCUT2D eigenvalue weighted by Gasteiger charge is -2.38. The maximum atomic E-state index is 12.7. The number of carbonyl (C=O) groups is 2. The van der Waals surface area contributed by atoms with Gasteiger partial charge in [-0.25, -0.2) is 0 Å². The Balaban J connectivity index is 1.44. The second-order valence-electron chi connectivity index (χ2n) is 6.70. The Morgan fingerprint density at radius 3 is 2.64 bits per heavy atom. The molecule has 1 saturated carbocycles. The number of hydrogen-bond acceptors (Lipinski definition) is 5. The van der Waals surface area contributed by atoms with Gasteiger partial charge in [0.05, 0.1) is 0 Å². The van der Waals surface area contributed by atoms with Crippen molar-refractivity contribution in [1.82, 2.24) is 19.9 Å². The minimum absolute atomic E-state index is 0.0645. The molecule has 2 aliphatic rings. The summed E-state index contributed by atoms with van der Waals surface area (Å²) in [5, 5.41) is 3.96. The highest BCUT2D eigenvalue weighted by Gasteiger charge is 2.37. The molecular weight excluding hydrogens is 320 g/mol. The van der Waals surface area contributed by atoms with Crippen LogP contribution in [0, 0.1) is 0 Å². The van der Waals surface area contributed by atoms with Crippen molar-refractivity contribution in [2.75, 3.05) is 6.54 Å². The van der Waals surface area contributed by atoms with Crippen LogP contribution in [0.2, 0.25) is 0 Å². The number of nitrogens with zero attached hydrogens (tertiary/aromatic N) is 4. The molecular formula is C18H20N4O3. The van der Waals surface area contributed by atoms with Gasteiger partial charge in [-0.15, -0.1) is 0 Å². The van der Waals surface area contributed by atoms with Gasteiger partial charge in [-0.3, -0.25) is 9.59 Å². The standard InChI is InChI=1S/C18H20N4O3/c1-12-18(24)21(9-13-5-3-2-4-6-13)11-16(23)22(12)10-15-19-17(20-25-15)14-7-8-14/h2-6,12,14H,7-11H2,1H3/t12-/m0/s1. The molecule has 1 atom stereocenters. The summed E-state index contributed by atoms with van der Waals surface area (Å²) < 4.78 is 5.24. The molecule has 25 heavy (non-hydrogen) atoms. The number of carbonyl (C=O) groups excluding carboxylic acids is 2. The number of rotatable bonds is 5. The number of benzene rings is 1. The van der Waals surface area contributed by atoms with Gasteiger partial charge in [-0.1, -0.05) is 35.5 Å². The molecule has 0 unspecified atom stereocenters. The Bertz CT molecular complexity index is 785. The van der Waals surface area contributed by atoms with E-state index < -0.39 is 6.04 Å². The Labute approximate surface area is 145 Å². The fourth-order valence-corrected chi connectivity index (χ4v) is 3.09. The fraction of sp³-hybridized carbons (Fsp3) is 0.444. The highest BCUT2D eigenvalue weighted by Crippen LogP contribution is 2.38. The molecule has 2 heterocycles. The molecule has 1 aromatic heterocycles. The van der Waals surface area contributed by atoms with Crippen LogP contribution in [0.5, 0.6) is 0 Å². The molecule has 0 N–H and O–H groups in total. The topological polar surface area (TPSA) is 79.5 Å². The predicted molar refractivity (Wildman–Crippen MR) is 88.1 cm³/mol. The molecule has 0 radical (unpaired) electrons. The summed E-state index contributed by atoms with van der Waals surface area (Å²) in [7, 11) is 0. The average molecular weight is 340 g/mol. The van der Waals surface area contributed by atoms with Crippen LogP contribution in [0.4, 0.5) is 0 Å². The first kappa shape index (κ1) is 15.8. The summed E-state index contributed by atoms with van der Waals surface area (Å²) in [5.41, 5.74) is 1.01. The number of amides is 2. The highest BCUT2D eigenvalue weighted by atomic mass is 16.5. The Morgan fingerprint density at radius 1 is 1.16 bits per heavy atom. The predicted octanol–water partition coefficient (Wildman–Crippen LogP) is 1.71. The Kier molecular flexibility index (Phi) is 3.99.